The summed E-state index contributed by atoms with van der Waals surface area (Å²) in [6, 6.07) is 8.16. The van der Waals surface area contributed by atoms with E-state index in [1.165, 1.54) is 17.8 Å². The summed E-state index contributed by atoms with van der Waals surface area (Å²) in [6.45, 7) is 2.86. The molecule has 1 fully saturated rings. The van der Waals surface area contributed by atoms with Gasteiger partial charge >= 0.3 is 0 Å². The number of hydrogen-bond donors (Lipinski definition) is 0. The normalized spacial score (nSPS) is 18.2. The zero-order chi connectivity index (χ0) is 16.7. The van der Waals surface area contributed by atoms with Crippen LogP contribution in [0, 0.1) is 0 Å². The number of hydrogen-bond acceptors (Lipinski definition) is 5. The van der Waals surface area contributed by atoms with Gasteiger partial charge in [-0.3, -0.25) is 4.79 Å². The molecule has 0 saturated carbocycles. The lowest BCUT2D eigenvalue weighted by Crippen LogP contribution is -2.42. The molecule has 0 unspecified atom stereocenters. The van der Waals surface area contributed by atoms with Crippen molar-refractivity contribution in [3.63, 3.8) is 0 Å². The average Bonchev–Trinajstić information content (AvgIpc) is 3.16. The van der Waals surface area contributed by atoms with E-state index in [-0.39, 0.29) is 11.9 Å². The largest absolute Gasteiger partial charge is 0.333 e. The second-order valence-electron chi connectivity index (χ2n) is 5.98. The van der Waals surface area contributed by atoms with Crippen LogP contribution in [0.3, 0.4) is 0 Å². The van der Waals surface area contributed by atoms with Crippen molar-refractivity contribution < 1.29 is 4.79 Å². The summed E-state index contributed by atoms with van der Waals surface area (Å²) in [4.78, 5) is 15.4. The molecule has 1 amide bonds. The lowest BCUT2D eigenvalue weighted by atomic mass is 10.0. The smallest absolute Gasteiger partial charge is 0.293 e. The second kappa shape index (κ2) is 6.25. The molecule has 4 rings (SSSR count). The fourth-order valence-electron chi connectivity index (χ4n) is 2.99. The molecular weight excluding hydrogens is 390 g/mol. The van der Waals surface area contributed by atoms with Crippen molar-refractivity contribution in [3.05, 3.63) is 34.6 Å². The van der Waals surface area contributed by atoms with Crippen LogP contribution in [0.15, 0.2) is 28.7 Å². The lowest BCUT2D eigenvalue weighted by molar-refractivity contribution is 0.0620. The van der Waals surface area contributed by atoms with Crippen LogP contribution in [0.2, 0.25) is 0 Å². The number of carbonyl (C=O) groups is 1. The van der Waals surface area contributed by atoms with Crippen molar-refractivity contribution in [2.75, 3.05) is 6.54 Å². The molecule has 3 heterocycles. The number of rotatable bonds is 2. The molecule has 1 saturated heterocycles. The Labute approximate surface area is 151 Å². The monoisotopic (exact) mass is 405 g/mol. The number of benzene rings is 1. The van der Waals surface area contributed by atoms with E-state index in [0.29, 0.717) is 10.8 Å². The highest BCUT2D eigenvalue weighted by atomic mass is 79.9. The van der Waals surface area contributed by atoms with Crippen molar-refractivity contribution in [3.8, 4) is 10.6 Å². The minimum absolute atomic E-state index is 0.0812. The highest BCUT2D eigenvalue weighted by Gasteiger charge is 2.28. The van der Waals surface area contributed by atoms with Gasteiger partial charge in [-0.15, -0.1) is 10.2 Å². The maximum atomic E-state index is 12.8. The number of piperidine rings is 1. The van der Waals surface area contributed by atoms with E-state index in [1.54, 1.807) is 4.52 Å². The van der Waals surface area contributed by atoms with E-state index in [2.05, 4.69) is 38.1 Å². The fourth-order valence-corrected chi connectivity index (χ4v) is 4.10. The van der Waals surface area contributed by atoms with E-state index < -0.39 is 0 Å². The van der Waals surface area contributed by atoms with Crippen molar-refractivity contribution in [1.29, 1.82) is 0 Å². The van der Waals surface area contributed by atoms with Gasteiger partial charge in [0.15, 0.2) is 0 Å². The first-order valence-electron chi connectivity index (χ1n) is 7.92. The van der Waals surface area contributed by atoms with Gasteiger partial charge in [0.05, 0.1) is 0 Å². The molecule has 1 aliphatic heterocycles. The number of aromatic nitrogens is 4. The first kappa shape index (κ1) is 15.7. The zero-order valence-electron chi connectivity index (χ0n) is 13.1. The Morgan fingerprint density at radius 3 is 2.79 bits per heavy atom. The van der Waals surface area contributed by atoms with Gasteiger partial charge in [-0.2, -0.15) is 9.61 Å². The molecule has 0 spiro atoms. The van der Waals surface area contributed by atoms with Crippen LogP contribution in [0.4, 0.5) is 0 Å². The quantitative estimate of drug-likeness (QED) is 0.652. The molecule has 124 valence electrons. The number of likely N-dealkylation sites (tertiary alicyclic amines) is 1. The van der Waals surface area contributed by atoms with Gasteiger partial charge in [0.1, 0.15) is 5.01 Å². The summed E-state index contributed by atoms with van der Waals surface area (Å²) in [5.41, 5.74) is 0.999. The minimum atomic E-state index is -0.0812. The number of amides is 1. The van der Waals surface area contributed by atoms with E-state index in [0.717, 1.165) is 34.4 Å². The molecule has 0 aliphatic carbocycles. The third-order valence-corrected chi connectivity index (χ3v) is 5.81. The SMILES string of the molecule is C[C@@H]1CCCCN1C(=O)c1nnc2sc(-c3ccc(Br)cc3)nn12. The summed E-state index contributed by atoms with van der Waals surface area (Å²) in [6.07, 6.45) is 3.25. The topological polar surface area (TPSA) is 63.4 Å². The van der Waals surface area contributed by atoms with Crippen LogP contribution >= 0.6 is 27.3 Å². The molecule has 1 aromatic carbocycles. The van der Waals surface area contributed by atoms with Gasteiger partial charge in [-0.05, 0) is 38.3 Å². The van der Waals surface area contributed by atoms with Gasteiger partial charge in [-0.25, -0.2) is 0 Å². The van der Waals surface area contributed by atoms with Crippen LogP contribution in [0.5, 0.6) is 0 Å². The standard InChI is InChI=1S/C16H16BrN5OS/c1-10-4-2-3-9-21(10)15(23)13-18-19-16-22(13)20-14(24-16)11-5-7-12(17)8-6-11/h5-8,10H,2-4,9H2,1H3/t10-/m1/s1. The predicted octanol–water partition coefficient (Wildman–Crippen LogP) is 3.63. The zero-order valence-corrected chi connectivity index (χ0v) is 15.5. The Morgan fingerprint density at radius 1 is 1.25 bits per heavy atom. The Bertz CT molecular complexity index is 888. The molecule has 6 nitrogen and oxygen atoms in total. The summed E-state index contributed by atoms with van der Waals surface area (Å²) in [7, 11) is 0. The molecule has 1 atom stereocenters. The van der Waals surface area contributed by atoms with E-state index in [1.807, 2.05) is 29.2 Å². The van der Waals surface area contributed by atoms with Crippen LogP contribution < -0.4 is 0 Å². The Balaban J connectivity index is 1.69. The molecule has 0 bridgehead atoms. The Kier molecular flexibility index (Phi) is 4.09. The molecule has 24 heavy (non-hydrogen) atoms. The van der Waals surface area contributed by atoms with Crippen molar-refractivity contribution in [1.82, 2.24) is 24.7 Å². The van der Waals surface area contributed by atoms with Gasteiger partial charge in [0.2, 0.25) is 10.8 Å². The first-order valence-corrected chi connectivity index (χ1v) is 9.53. The van der Waals surface area contributed by atoms with E-state index in [4.69, 9.17) is 0 Å². The predicted molar refractivity (Wildman–Crippen MR) is 96.1 cm³/mol. The molecule has 0 radical (unpaired) electrons. The van der Waals surface area contributed by atoms with Gasteiger partial charge in [0, 0.05) is 22.6 Å². The third kappa shape index (κ3) is 2.73. The van der Waals surface area contributed by atoms with Crippen molar-refractivity contribution in [2.45, 2.75) is 32.2 Å². The van der Waals surface area contributed by atoms with Crippen molar-refractivity contribution in [2.24, 2.45) is 0 Å². The molecule has 0 N–H and O–H groups in total. The Morgan fingerprint density at radius 2 is 2.04 bits per heavy atom. The van der Waals surface area contributed by atoms with Crippen LogP contribution in [-0.2, 0) is 0 Å². The fraction of sp³-hybridized carbons (Fsp3) is 0.375. The lowest BCUT2D eigenvalue weighted by Gasteiger charge is -2.32. The number of fused-ring (bicyclic) bond motifs is 1. The molecule has 2 aromatic heterocycles. The highest BCUT2D eigenvalue weighted by molar-refractivity contribution is 9.10. The van der Waals surface area contributed by atoms with Gasteiger partial charge in [0.25, 0.3) is 5.91 Å². The number of carbonyl (C=O) groups excluding carboxylic acids is 1. The van der Waals surface area contributed by atoms with Crippen LogP contribution in [-0.4, -0.2) is 43.2 Å². The number of halogens is 1. The maximum Gasteiger partial charge on any atom is 0.293 e. The molecular formula is C16H16BrN5OS. The van der Waals surface area contributed by atoms with E-state index in [9.17, 15) is 4.79 Å². The maximum absolute atomic E-state index is 12.8. The highest BCUT2D eigenvalue weighted by Crippen LogP contribution is 2.27. The molecule has 3 aromatic rings. The van der Waals surface area contributed by atoms with Crippen molar-refractivity contribution >= 4 is 38.1 Å². The molecule has 8 heteroatoms. The summed E-state index contributed by atoms with van der Waals surface area (Å²) >= 11 is 4.86. The summed E-state index contributed by atoms with van der Waals surface area (Å²) in [5.74, 6) is 0.223. The minimum Gasteiger partial charge on any atom is -0.333 e. The summed E-state index contributed by atoms with van der Waals surface area (Å²) < 4.78 is 2.59. The van der Waals surface area contributed by atoms with Crippen LogP contribution in [0.1, 0.15) is 36.8 Å². The van der Waals surface area contributed by atoms with Gasteiger partial charge < -0.3 is 4.90 Å². The van der Waals surface area contributed by atoms with E-state index >= 15 is 0 Å². The first-order chi connectivity index (χ1) is 11.6. The average molecular weight is 406 g/mol. The number of nitrogens with zero attached hydrogens (tertiary/aromatic N) is 5. The Hall–Kier alpha value is -1.80. The van der Waals surface area contributed by atoms with Gasteiger partial charge in [-0.1, -0.05) is 39.4 Å². The summed E-state index contributed by atoms with van der Waals surface area (Å²) in [5, 5.41) is 13.6. The second-order valence-corrected chi connectivity index (χ2v) is 7.85. The van der Waals surface area contributed by atoms with Crippen LogP contribution in [0.25, 0.3) is 15.5 Å². The third-order valence-electron chi connectivity index (χ3n) is 4.34. The molecule has 1 aliphatic rings.